The van der Waals surface area contributed by atoms with E-state index >= 15 is 0 Å². The van der Waals surface area contributed by atoms with Crippen LogP contribution in [-0.2, 0) is 0 Å². The largest absolute Gasteiger partial charge is 0.496 e. The van der Waals surface area contributed by atoms with Crippen LogP contribution in [0.2, 0.25) is 0 Å². The van der Waals surface area contributed by atoms with Crippen molar-refractivity contribution in [1.29, 1.82) is 0 Å². The number of thiophene rings is 1. The fourth-order valence-electron chi connectivity index (χ4n) is 2.33. The predicted octanol–water partition coefficient (Wildman–Crippen LogP) is 4.85. The Morgan fingerprint density at radius 1 is 1.09 bits per heavy atom. The molecule has 0 aliphatic carbocycles. The van der Waals surface area contributed by atoms with Crippen molar-refractivity contribution in [2.75, 3.05) is 7.11 Å². The molecular formula is C18H20N2O2S. The maximum absolute atomic E-state index is 6.06. The van der Waals surface area contributed by atoms with Gasteiger partial charge < -0.3 is 9.47 Å². The van der Waals surface area contributed by atoms with Gasteiger partial charge in [0.05, 0.1) is 23.0 Å². The highest BCUT2D eigenvalue weighted by Gasteiger charge is 2.20. The molecule has 2 heterocycles. The minimum atomic E-state index is -0.337. The molecule has 0 atom stereocenters. The van der Waals surface area contributed by atoms with Crippen LogP contribution >= 0.6 is 11.3 Å². The van der Waals surface area contributed by atoms with E-state index in [2.05, 4.69) is 0 Å². The first-order valence-electron chi connectivity index (χ1n) is 7.46. The molecule has 1 aromatic carbocycles. The van der Waals surface area contributed by atoms with Gasteiger partial charge in [-0.1, -0.05) is 6.07 Å². The summed E-state index contributed by atoms with van der Waals surface area (Å²) in [7, 11) is 1.67. The Hall–Kier alpha value is -2.14. The zero-order chi connectivity index (χ0) is 16.6. The SMILES string of the molecule is COc1cc2nc(-c3cccs3)c(OC(C)(C)C)nc2cc1C. The van der Waals surface area contributed by atoms with Crippen LogP contribution in [0.5, 0.6) is 11.6 Å². The molecule has 4 nitrogen and oxygen atoms in total. The molecule has 0 aliphatic heterocycles. The van der Waals surface area contributed by atoms with Gasteiger partial charge in [0.1, 0.15) is 17.0 Å². The van der Waals surface area contributed by atoms with Crippen molar-refractivity contribution in [3.8, 4) is 22.2 Å². The molecule has 3 rings (SSSR count). The molecule has 0 saturated carbocycles. The van der Waals surface area contributed by atoms with E-state index in [1.807, 2.05) is 57.3 Å². The molecule has 3 aromatic rings. The number of benzene rings is 1. The minimum Gasteiger partial charge on any atom is -0.496 e. The Kier molecular flexibility index (Phi) is 3.98. The van der Waals surface area contributed by atoms with Crippen molar-refractivity contribution in [3.05, 3.63) is 35.2 Å². The molecule has 0 unspecified atom stereocenters. The number of hydrogen-bond donors (Lipinski definition) is 0. The highest BCUT2D eigenvalue weighted by atomic mass is 32.1. The molecule has 0 N–H and O–H groups in total. The molecule has 23 heavy (non-hydrogen) atoms. The van der Waals surface area contributed by atoms with Crippen molar-refractivity contribution < 1.29 is 9.47 Å². The molecule has 120 valence electrons. The molecule has 5 heteroatoms. The summed E-state index contributed by atoms with van der Waals surface area (Å²) in [4.78, 5) is 10.6. The second-order valence-corrected chi connectivity index (χ2v) is 7.33. The summed E-state index contributed by atoms with van der Waals surface area (Å²) in [5.74, 6) is 1.38. The Bertz CT molecular complexity index is 836. The maximum atomic E-state index is 6.06. The van der Waals surface area contributed by atoms with Crippen molar-refractivity contribution in [2.45, 2.75) is 33.3 Å². The number of nitrogens with zero attached hydrogens (tertiary/aromatic N) is 2. The number of aryl methyl sites for hydroxylation is 1. The maximum Gasteiger partial charge on any atom is 0.242 e. The van der Waals surface area contributed by atoms with E-state index in [1.165, 1.54) is 0 Å². The molecule has 0 spiro atoms. The summed E-state index contributed by atoms with van der Waals surface area (Å²) in [5, 5.41) is 2.03. The van der Waals surface area contributed by atoms with Crippen LogP contribution in [0.1, 0.15) is 26.3 Å². The van der Waals surface area contributed by atoms with E-state index < -0.39 is 0 Å². The van der Waals surface area contributed by atoms with Gasteiger partial charge in [-0.2, -0.15) is 0 Å². The first-order chi connectivity index (χ1) is 10.9. The fraction of sp³-hybridized carbons (Fsp3) is 0.333. The number of hydrogen-bond acceptors (Lipinski definition) is 5. The van der Waals surface area contributed by atoms with Gasteiger partial charge in [-0.05, 0) is 50.8 Å². The van der Waals surface area contributed by atoms with Crippen LogP contribution < -0.4 is 9.47 Å². The van der Waals surface area contributed by atoms with E-state index in [4.69, 9.17) is 19.4 Å². The molecule has 2 aromatic heterocycles. The van der Waals surface area contributed by atoms with Crippen LogP contribution in [0.15, 0.2) is 29.6 Å². The number of methoxy groups -OCH3 is 1. The highest BCUT2D eigenvalue weighted by molar-refractivity contribution is 7.13. The Morgan fingerprint density at radius 2 is 1.83 bits per heavy atom. The molecule has 0 fully saturated rings. The lowest BCUT2D eigenvalue weighted by Crippen LogP contribution is -2.24. The van der Waals surface area contributed by atoms with Crippen molar-refractivity contribution in [1.82, 2.24) is 9.97 Å². The third kappa shape index (κ3) is 3.29. The standard InChI is InChI=1S/C18H20N2O2S/c1-11-9-12-13(10-14(11)21-5)19-16(15-7-6-8-23-15)17(20-12)22-18(2,3)4/h6-10H,1-5H3. The van der Waals surface area contributed by atoms with Gasteiger partial charge in [-0.25, -0.2) is 9.97 Å². The van der Waals surface area contributed by atoms with Gasteiger partial charge in [0.2, 0.25) is 5.88 Å². The third-order valence-electron chi connectivity index (χ3n) is 3.31. The minimum absolute atomic E-state index is 0.337. The van der Waals surface area contributed by atoms with Crippen LogP contribution in [0.25, 0.3) is 21.6 Å². The summed E-state index contributed by atoms with van der Waals surface area (Å²) in [6, 6.07) is 7.94. The summed E-state index contributed by atoms with van der Waals surface area (Å²) in [6.45, 7) is 8.03. The van der Waals surface area contributed by atoms with Gasteiger partial charge >= 0.3 is 0 Å². The van der Waals surface area contributed by atoms with Gasteiger partial charge in [0, 0.05) is 6.07 Å². The Labute approximate surface area is 140 Å². The van der Waals surface area contributed by atoms with Crippen molar-refractivity contribution in [2.24, 2.45) is 0 Å². The average Bonchev–Trinajstić information content (AvgIpc) is 2.98. The van der Waals surface area contributed by atoms with Crippen LogP contribution in [0.3, 0.4) is 0 Å². The van der Waals surface area contributed by atoms with Gasteiger partial charge in [0.15, 0.2) is 0 Å². The number of aromatic nitrogens is 2. The summed E-state index contributed by atoms with van der Waals surface area (Å²) >= 11 is 1.62. The predicted molar refractivity (Wildman–Crippen MR) is 94.5 cm³/mol. The molecule has 0 bridgehead atoms. The topological polar surface area (TPSA) is 44.2 Å². The first kappa shape index (κ1) is 15.7. The van der Waals surface area contributed by atoms with Gasteiger partial charge in [-0.15, -0.1) is 11.3 Å². The first-order valence-corrected chi connectivity index (χ1v) is 8.34. The smallest absolute Gasteiger partial charge is 0.242 e. The average molecular weight is 328 g/mol. The normalized spacial score (nSPS) is 11.7. The molecule has 0 radical (unpaired) electrons. The molecular weight excluding hydrogens is 308 g/mol. The highest BCUT2D eigenvalue weighted by Crippen LogP contribution is 2.35. The van der Waals surface area contributed by atoms with E-state index in [9.17, 15) is 0 Å². The van der Waals surface area contributed by atoms with Crippen molar-refractivity contribution in [3.63, 3.8) is 0 Å². The van der Waals surface area contributed by atoms with Crippen molar-refractivity contribution >= 4 is 22.4 Å². The fourth-order valence-corrected chi connectivity index (χ4v) is 3.03. The van der Waals surface area contributed by atoms with Crippen LogP contribution in [-0.4, -0.2) is 22.7 Å². The number of fused-ring (bicyclic) bond motifs is 1. The molecule has 0 amide bonds. The lowest BCUT2D eigenvalue weighted by atomic mass is 10.1. The van der Waals surface area contributed by atoms with E-state index in [0.29, 0.717) is 5.88 Å². The number of ether oxygens (including phenoxy) is 2. The monoisotopic (exact) mass is 328 g/mol. The Morgan fingerprint density at radius 3 is 2.43 bits per heavy atom. The lowest BCUT2D eigenvalue weighted by Gasteiger charge is -2.22. The zero-order valence-corrected chi connectivity index (χ0v) is 14.8. The van der Waals surface area contributed by atoms with E-state index in [0.717, 1.165) is 32.9 Å². The van der Waals surface area contributed by atoms with Crippen LogP contribution in [0, 0.1) is 6.92 Å². The zero-order valence-electron chi connectivity index (χ0n) is 14.0. The summed E-state index contributed by atoms with van der Waals surface area (Å²) < 4.78 is 11.5. The Balaban J connectivity index is 2.24. The van der Waals surface area contributed by atoms with E-state index in [1.54, 1.807) is 18.4 Å². The van der Waals surface area contributed by atoms with Gasteiger partial charge in [0.25, 0.3) is 0 Å². The van der Waals surface area contributed by atoms with Gasteiger partial charge in [-0.3, -0.25) is 0 Å². The van der Waals surface area contributed by atoms with E-state index in [-0.39, 0.29) is 5.60 Å². The molecule has 0 aliphatic rings. The third-order valence-corrected chi connectivity index (χ3v) is 4.18. The van der Waals surface area contributed by atoms with Crippen LogP contribution in [0.4, 0.5) is 0 Å². The summed E-state index contributed by atoms with van der Waals surface area (Å²) in [5.41, 5.74) is 3.07. The quantitative estimate of drug-likeness (QED) is 0.689. The second-order valence-electron chi connectivity index (χ2n) is 6.38. The molecule has 0 saturated heterocycles. The summed E-state index contributed by atoms with van der Waals surface area (Å²) in [6.07, 6.45) is 0. The lowest BCUT2D eigenvalue weighted by molar-refractivity contribution is 0.125. The number of rotatable bonds is 3. The second kappa shape index (κ2) is 5.81.